The van der Waals surface area contributed by atoms with Crippen LogP contribution < -0.4 is 4.74 Å². The van der Waals surface area contributed by atoms with Gasteiger partial charge in [0.25, 0.3) is 0 Å². The van der Waals surface area contributed by atoms with Gasteiger partial charge in [0, 0.05) is 12.1 Å². The number of nitro groups is 1. The van der Waals surface area contributed by atoms with Gasteiger partial charge in [-0.2, -0.15) is 0 Å². The fraction of sp³-hybridized carbons (Fsp3) is 0.154. The Morgan fingerprint density at radius 2 is 2.16 bits per heavy atom. The summed E-state index contributed by atoms with van der Waals surface area (Å²) in [6, 6.07) is 9.70. The van der Waals surface area contributed by atoms with Crippen molar-refractivity contribution in [3.8, 4) is 11.6 Å². The Labute approximate surface area is 115 Å². The molecule has 0 saturated carbocycles. The molecule has 0 N–H and O–H groups in total. The molecule has 0 amide bonds. The van der Waals surface area contributed by atoms with Crippen molar-refractivity contribution < 1.29 is 9.66 Å². The summed E-state index contributed by atoms with van der Waals surface area (Å²) in [6.07, 6.45) is 0.719. The van der Waals surface area contributed by atoms with Crippen molar-refractivity contribution in [2.24, 2.45) is 0 Å². The first-order valence-electron chi connectivity index (χ1n) is 5.68. The first-order chi connectivity index (χ1) is 9.10. The number of pyridine rings is 1. The topological polar surface area (TPSA) is 65.3 Å². The van der Waals surface area contributed by atoms with E-state index in [2.05, 4.69) is 4.98 Å². The molecule has 0 radical (unpaired) electrons. The van der Waals surface area contributed by atoms with E-state index in [1.54, 1.807) is 30.3 Å². The highest BCUT2D eigenvalue weighted by molar-refractivity contribution is 6.29. The highest BCUT2D eigenvalue weighted by atomic mass is 35.5. The van der Waals surface area contributed by atoms with E-state index in [0.29, 0.717) is 0 Å². The van der Waals surface area contributed by atoms with Gasteiger partial charge >= 0.3 is 5.69 Å². The molecule has 0 aliphatic rings. The van der Waals surface area contributed by atoms with E-state index in [1.807, 2.05) is 6.92 Å². The molecular formula is C13H11ClN2O3. The van der Waals surface area contributed by atoms with Crippen LogP contribution in [-0.4, -0.2) is 9.91 Å². The molecule has 0 saturated heterocycles. The number of nitro benzene ring substituents is 1. The molecule has 2 rings (SSSR count). The molecule has 98 valence electrons. The molecule has 0 bridgehead atoms. The second kappa shape index (κ2) is 5.67. The number of hydrogen-bond acceptors (Lipinski definition) is 4. The van der Waals surface area contributed by atoms with Gasteiger partial charge in [-0.25, -0.2) is 4.98 Å². The molecule has 0 spiro atoms. The summed E-state index contributed by atoms with van der Waals surface area (Å²) in [5.74, 6) is 0.372. The van der Waals surface area contributed by atoms with Crippen LogP contribution in [0.15, 0.2) is 36.4 Å². The first kappa shape index (κ1) is 13.3. The third-order valence-corrected chi connectivity index (χ3v) is 2.74. The molecule has 1 aromatic carbocycles. The molecule has 6 heteroatoms. The Hall–Kier alpha value is -2.14. The third kappa shape index (κ3) is 3.20. The lowest BCUT2D eigenvalue weighted by Gasteiger charge is -2.06. The largest absolute Gasteiger partial charge is 0.432 e. The minimum Gasteiger partial charge on any atom is -0.432 e. The normalized spacial score (nSPS) is 10.2. The van der Waals surface area contributed by atoms with Crippen LogP contribution in [0.4, 0.5) is 5.69 Å². The quantitative estimate of drug-likeness (QED) is 0.482. The number of halogens is 1. The standard InChI is InChI=1S/C13H11ClN2O3/c1-2-9-6-7-11(10(8-9)16(17)18)19-13-5-3-4-12(14)15-13/h3-8H,2H2,1H3. The number of nitrogens with zero attached hydrogens (tertiary/aromatic N) is 2. The fourth-order valence-electron chi connectivity index (χ4n) is 1.57. The highest BCUT2D eigenvalue weighted by Crippen LogP contribution is 2.31. The van der Waals surface area contributed by atoms with Crippen molar-refractivity contribution in [1.29, 1.82) is 0 Å². The van der Waals surface area contributed by atoms with Crippen LogP contribution in [0.3, 0.4) is 0 Å². The van der Waals surface area contributed by atoms with Crippen LogP contribution in [0, 0.1) is 10.1 Å². The van der Waals surface area contributed by atoms with Crippen molar-refractivity contribution >= 4 is 17.3 Å². The summed E-state index contributed by atoms with van der Waals surface area (Å²) in [7, 11) is 0. The average molecular weight is 279 g/mol. The van der Waals surface area contributed by atoms with Crippen molar-refractivity contribution in [3.05, 3.63) is 57.2 Å². The number of ether oxygens (including phenoxy) is 1. The number of aryl methyl sites for hydroxylation is 1. The fourth-order valence-corrected chi connectivity index (χ4v) is 1.73. The van der Waals surface area contributed by atoms with E-state index in [-0.39, 0.29) is 22.5 Å². The van der Waals surface area contributed by atoms with E-state index in [1.165, 1.54) is 6.07 Å². The van der Waals surface area contributed by atoms with E-state index in [0.717, 1.165) is 12.0 Å². The second-order valence-corrected chi connectivity index (χ2v) is 4.20. The zero-order valence-electron chi connectivity index (χ0n) is 10.2. The van der Waals surface area contributed by atoms with Gasteiger partial charge < -0.3 is 4.74 Å². The van der Waals surface area contributed by atoms with Crippen molar-refractivity contribution in [2.75, 3.05) is 0 Å². The minimum atomic E-state index is -0.473. The van der Waals surface area contributed by atoms with Gasteiger partial charge in [0.15, 0.2) is 0 Å². The smallest absolute Gasteiger partial charge is 0.311 e. The summed E-state index contributed by atoms with van der Waals surface area (Å²) in [5.41, 5.74) is 0.791. The molecule has 1 heterocycles. The van der Waals surface area contributed by atoms with Crippen LogP contribution in [0.1, 0.15) is 12.5 Å². The summed E-state index contributed by atoms with van der Waals surface area (Å²) in [4.78, 5) is 14.5. The number of aromatic nitrogens is 1. The minimum absolute atomic E-state index is 0.0823. The first-order valence-corrected chi connectivity index (χ1v) is 6.05. The number of hydrogen-bond donors (Lipinski definition) is 0. The molecule has 2 aromatic rings. The highest BCUT2D eigenvalue weighted by Gasteiger charge is 2.16. The molecule has 0 aliphatic heterocycles. The van der Waals surface area contributed by atoms with Crippen molar-refractivity contribution in [2.45, 2.75) is 13.3 Å². The molecule has 0 fully saturated rings. The predicted molar refractivity (Wildman–Crippen MR) is 71.8 cm³/mol. The van der Waals surface area contributed by atoms with Gasteiger partial charge in [0.05, 0.1) is 4.92 Å². The summed E-state index contributed by atoms with van der Waals surface area (Å²) < 4.78 is 5.41. The van der Waals surface area contributed by atoms with Gasteiger partial charge in [0.1, 0.15) is 5.15 Å². The van der Waals surface area contributed by atoms with E-state index in [9.17, 15) is 10.1 Å². The second-order valence-electron chi connectivity index (χ2n) is 3.81. The summed E-state index contributed by atoms with van der Waals surface area (Å²) in [5, 5.41) is 11.3. The monoisotopic (exact) mass is 278 g/mol. The molecule has 5 nitrogen and oxygen atoms in total. The van der Waals surface area contributed by atoms with Crippen molar-refractivity contribution in [1.82, 2.24) is 4.98 Å². The predicted octanol–water partition coefficient (Wildman–Crippen LogP) is 4.00. The number of benzene rings is 1. The lowest BCUT2D eigenvalue weighted by Crippen LogP contribution is -1.96. The average Bonchev–Trinajstić information content (AvgIpc) is 2.39. The maximum Gasteiger partial charge on any atom is 0.311 e. The Balaban J connectivity index is 2.36. The Morgan fingerprint density at radius 3 is 2.79 bits per heavy atom. The van der Waals surface area contributed by atoms with Gasteiger partial charge in [-0.05, 0) is 24.1 Å². The lowest BCUT2D eigenvalue weighted by atomic mass is 10.1. The summed E-state index contributed by atoms with van der Waals surface area (Å²) >= 11 is 5.74. The summed E-state index contributed by atoms with van der Waals surface area (Å²) in [6.45, 7) is 1.93. The van der Waals surface area contributed by atoms with Gasteiger partial charge in [-0.15, -0.1) is 0 Å². The maximum atomic E-state index is 11.0. The van der Waals surface area contributed by atoms with Crippen LogP contribution in [0.2, 0.25) is 5.15 Å². The van der Waals surface area contributed by atoms with Gasteiger partial charge in [-0.3, -0.25) is 10.1 Å². The SMILES string of the molecule is CCc1ccc(Oc2cccc(Cl)n2)c([N+](=O)[O-])c1. The number of rotatable bonds is 4. The molecule has 0 unspecified atom stereocenters. The van der Waals surface area contributed by atoms with Gasteiger partial charge in [0.2, 0.25) is 11.6 Å². The van der Waals surface area contributed by atoms with Crippen LogP contribution in [-0.2, 0) is 6.42 Å². The Kier molecular flexibility index (Phi) is 3.97. The molecule has 1 aromatic heterocycles. The maximum absolute atomic E-state index is 11.0. The van der Waals surface area contributed by atoms with E-state index >= 15 is 0 Å². The molecule has 0 aliphatic carbocycles. The van der Waals surface area contributed by atoms with Gasteiger partial charge in [-0.1, -0.05) is 30.7 Å². The zero-order valence-corrected chi connectivity index (χ0v) is 10.9. The Bertz CT molecular complexity index is 617. The molecular weight excluding hydrogens is 268 g/mol. The molecule has 0 atom stereocenters. The lowest BCUT2D eigenvalue weighted by molar-refractivity contribution is -0.385. The zero-order chi connectivity index (χ0) is 13.8. The van der Waals surface area contributed by atoms with Crippen LogP contribution >= 0.6 is 11.6 Å². The van der Waals surface area contributed by atoms with Crippen molar-refractivity contribution in [3.63, 3.8) is 0 Å². The van der Waals surface area contributed by atoms with Crippen LogP contribution in [0.25, 0.3) is 0 Å². The van der Waals surface area contributed by atoms with Crippen LogP contribution in [0.5, 0.6) is 11.6 Å². The molecule has 19 heavy (non-hydrogen) atoms. The third-order valence-electron chi connectivity index (χ3n) is 2.53. The van der Waals surface area contributed by atoms with E-state index in [4.69, 9.17) is 16.3 Å². The Morgan fingerprint density at radius 1 is 1.37 bits per heavy atom. The van der Waals surface area contributed by atoms with E-state index < -0.39 is 4.92 Å².